The van der Waals surface area contributed by atoms with Crippen molar-refractivity contribution in [3.05, 3.63) is 30.1 Å². The number of aliphatic hydroxyl groups is 1. The van der Waals surface area contributed by atoms with E-state index in [-0.39, 0.29) is 18.5 Å². The van der Waals surface area contributed by atoms with Gasteiger partial charge in [0.05, 0.1) is 6.54 Å². The zero-order valence-electron chi connectivity index (χ0n) is 9.81. The molecule has 2 N–H and O–H groups in total. The number of amides is 1. The minimum absolute atomic E-state index is 0.261. The molecule has 0 heterocycles. The largest absolute Gasteiger partial charge is 0.489 e. The van der Waals surface area contributed by atoms with Gasteiger partial charge in [0, 0.05) is 0 Å². The van der Waals surface area contributed by atoms with Crippen molar-refractivity contribution in [3.8, 4) is 5.75 Å². The smallest absolute Gasteiger partial charge is 0.248 e. The molecular formula is C12H16FNO3. The predicted octanol–water partition coefficient (Wildman–Crippen LogP) is 1.09. The summed E-state index contributed by atoms with van der Waals surface area (Å²) in [6, 6.07) is 5.64. The van der Waals surface area contributed by atoms with Crippen LogP contribution in [0.1, 0.15) is 13.8 Å². The van der Waals surface area contributed by atoms with E-state index >= 15 is 0 Å². The Balaban J connectivity index is 2.37. The summed E-state index contributed by atoms with van der Waals surface area (Å²) >= 11 is 0. The molecule has 1 rings (SSSR count). The van der Waals surface area contributed by atoms with Gasteiger partial charge in [0.1, 0.15) is 23.8 Å². The van der Waals surface area contributed by atoms with Gasteiger partial charge in [-0.1, -0.05) is 0 Å². The van der Waals surface area contributed by atoms with Crippen LogP contribution >= 0.6 is 0 Å². The number of rotatable bonds is 5. The Morgan fingerprint density at radius 1 is 1.41 bits per heavy atom. The van der Waals surface area contributed by atoms with Crippen LogP contribution < -0.4 is 10.1 Å². The lowest BCUT2D eigenvalue weighted by Crippen LogP contribution is -2.38. The molecule has 0 aliphatic heterocycles. The summed E-state index contributed by atoms with van der Waals surface area (Å²) in [5.74, 6) is -0.239. The first-order valence-corrected chi connectivity index (χ1v) is 5.37. The van der Waals surface area contributed by atoms with Crippen LogP contribution in [0.5, 0.6) is 5.75 Å². The standard InChI is InChI=1S/C12H16FNO3/c1-8(7-14-12(16)9(2)15)17-11-5-3-10(13)4-6-11/h3-6,8-9,15H,7H2,1-2H3,(H,14,16). The first-order chi connectivity index (χ1) is 7.99. The van der Waals surface area contributed by atoms with Crippen molar-refractivity contribution in [2.45, 2.75) is 26.1 Å². The van der Waals surface area contributed by atoms with E-state index in [0.29, 0.717) is 5.75 Å². The highest BCUT2D eigenvalue weighted by atomic mass is 19.1. The molecule has 2 unspecified atom stereocenters. The van der Waals surface area contributed by atoms with Crippen LogP contribution in [-0.2, 0) is 4.79 Å². The van der Waals surface area contributed by atoms with Crippen LogP contribution in [0.4, 0.5) is 4.39 Å². The summed E-state index contributed by atoms with van der Waals surface area (Å²) in [6.07, 6.45) is -1.30. The molecule has 0 aromatic heterocycles. The summed E-state index contributed by atoms with van der Waals surface area (Å²) in [7, 11) is 0. The predicted molar refractivity (Wildman–Crippen MR) is 61.2 cm³/mol. The van der Waals surface area contributed by atoms with Crippen LogP contribution in [0.2, 0.25) is 0 Å². The fraction of sp³-hybridized carbons (Fsp3) is 0.417. The second-order valence-corrected chi connectivity index (χ2v) is 3.80. The summed E-state index contributed by atoms with van der Waals surface area (Å²) in [4.78, 5) is 11.1. The van der Waals surface area contributed by atoms with Gasteiger partial charge in [0.2, 0.25) is 5.91 Å². The molecule has 94 valence electrons. The van der Waals surface area contributed by atoms with E-state index in [1.165, 1.54) is 31.2 Å². The third-order valence-corrected chi connectivity index (χ3v) is 2.09. The van der Waals surface area contributed by atoms with Gasteiger partial charge in [0.25, 0.3) is 0 Å². The van der Waals surface area contributed by atoms with E-state index in [1.807, 2.05) is 0 Å². The molecule has 0 saturated heterocycles. The highest BCUT2D eigenvalue weighted by Gasteiger charge is 2.10. The average Bonchev–Trinajstić information content (AvgIpc) is 2.29. The number of nitrogens with one attached hydrogen (secondary N) is 1. The first-order valence-electron chi connectivity index (χ1n) is 5.37. The fourth-order valence-electron chi connectivity index (χ4n) is 1.18. The molecule has 0 fully saturated rings. The van der Waals surface area contributed by atoms with Crippen LogP contribution in [0, 0.1) is 5.82 Å². The van der Waals surface area contributed by atoms with Crippen LogP contribution in [0.25, 0.3) is 0 Å². The molecule has 2 atom stereocenters. The van der Waals surface area contributed by atoms with Crippen molar-refractivity contribution < 1.29 is 19.0 Å². The molecular weight excluding hydrogens is 225 g/mol. The molecule has 0 radical (unpaired) electrons. The summed E-state index contributed by atoms with van der Waals surface area (Å²) in [5, 5.41) is 11.5. The number of aliphatic hydroxyl groups excluding tert-OH is 1. The molecule has 0 aliphatic carbocycles. The van der Waals surface area contributed by atoms with Gasteiger partial charge in [-0.25, -0.2) is 4.39 Å². The van der Waals surface area contributed by atoms with Crippen molar-refractivity contribution in [2.24, 2.45) is 0 Å². The van der Waals surface area contributed by atoms with E-state index in [4.69, 9.17) is 9.84 Å². The molecule has 0 aliphatic rings. The number of hydrogen-bond acceptors (Lipinski definition) is 3. The van der Waals surface area contributed by atoms with Crippen LogP contribution in [0.3, 0.4) is 0 Å². The van der Waals surface area contributed by atoms with E-state index in [1.54, 1.807) is 6.92 Å². The quantitative estimate of drug-likeness (QED) is 0.811. The van der Waals surface area contributed by atoms with Crippen molar-refractivity contribution in [3.63, 3.8) is 0 Å². The third-order valence-electron chi connectivity index (χ3n) is 2.09. The molecule has 4 nitrogen and oxygen atoms in total. The molecule has 1 aromatic carbocycles. The molecule has 1 aromatic rings. The van der Waals surface area contributed by atoms with Crippen molar-refractivity contribution >= 4 is 5.91 Å². The minimum Gasteiger partial charge on any atom is -0.489 e. The van der Waals surface area contributed by atoms with Gasteiger partial charge in [-0.15, -0.1) is 0 Å². The average molecular weight is 241 g/mol. The number of halogens is 1. The molecule has 5 heteroatoms. The highest BCUT2D eigenvalue weighted by Crippen LogP contribution is 2.12. The Bertz CT molecular complexity index is 365. The SMILES string of the molecule is CC(CNC(=O)C(C)O)Oc1ccc(F)cc1. The van der Waals surface area contributed by atoms with Gasteiger partial charge in [-0.3, -0.25) is 4.79 Å². The van der Waals surface area contributed by atoms with Crippen LogP contribution in [-0.4, -0.2) is 29.8 Å². The Morgan fingerprint density at radius 2 is 2.00 bits per heavy atom. The van der Waals surface area contributed by atoms with Crippen molar-refractivity contribution in [1.82, 2.24) is 5.32 Å². The normalized spacial score (nSPS) is 13.9. The Labute approximate surface area is 99.4 Å². The van der Waals surface area contributed by atoms with E-state index in [9.17, 15) is 9.18 Å². The maximum Gasteiger partial charge on any atom is 0.248 e. The lowest BCUT2D eigenvalue weighted by atomic mass is 10.3. The Hall–Kier alpha value is -1.62. The van der Waals surface area contributed by atoms with E-state index in [2.05, 4.69) is 5.32 Å². The number of ether oxygens (including phenoxy) is 1. The van der Waals surface area contributed by atoms with Gasteiger partial charge < -0.3 is 15.2 Å². The topological polar surface area (TPSA) is 58.6 Å². The van der Waals surface area contributed by atoms with E-state index in [0.717, 1.165) is 0 Å². The maximum absolute atomic E-state index is 12.6. The zero-order chi connectivity index (χ0) is 12.8. The van der Waals surface area contributed by atoms with Gasteiger partial charge in [-0.05, 0) is 38.1 Å². The Morgan fingerprint density at radius 3 is 2.53 bits per heavy atom. The fourth-order valence-corrected chi connectivity index (χ4v) is 1.18. The minimum atomic E-state index is -1.03. The number of carbonyl (C=O) groups excluding carboxylic acids is 1. The number of carbonyl (C=O) groups is 1. The van der Waals surface area contributed by atoms with Crippen molar-refractivity contribution in [1.29, 1.82) is 0 Å². The molecule has 0 bridgehead atoms. The summed E-state index contributed by atoms with van der Waals surface area (Å²) < 4.78 is 18.1. The van der Waals surface area contributed by atoms with Crippen LogP contribution in [0.15, 0.2) is 24.3 Å². The monoisotopic (exact) mass is 241 g/mol. The second-order valence-electron chi connectivity index (χ2n) is 3.80. The highest BCUT2D eigenvalue weighted by molar-refractivity contribution is 5.79. The van der Waals surface area contributed by atoms with Gasteiger partial charge >= 0.3 is 0 Å². The number of hydrogen-bond donors (Lipinski definition) is 2. The lowest BCUT2D eigenvalue weighted by Gasteiger charge is -2.16. The van der Waals surface area contributed by atoms with E-state index < -0.39 is 12.0 Å². The lowest BCUT2D eigenvalue weighted by molar-refractivity contribution is -0.128. The molecule has 0 saturated carbocycles. The first kappa shape index (κ1) is 13.4. The molecule has 1 amide bonds. The maximum atomic E-state index is 12.6. The molecule has 17 heavy (non-hydrogen) atoms. The van der Waals surface area contributed by atoms with Crippen molar-refractivity contribution in [2.75, 3.05) is 6.54 Å². The van der Waals surface area contributed by atoms with Gasteiger partial charge in [0.15, 0.2) is 0 Å². The third kappa shape index (κ3) is 4.82. The number of benzene rings is 1. The summed E-state index contributed by atoms with van der Waals surface area (Å²) in [6.45, 7) is 3.44. The second kappa shape index (κ2) is 6.20. The zero-order valence-corrected chi connectivity index (χ0v) is 9.81. The summed E-state index contributed by atoms with van der Waals surface area (Å²) in [5.41, 5.74) is 0. The van der Waals surface area contributed by atoms with Gasteiger partial charge in [-0.2, -0.15) is 0 Å². The molecule has 0 spiro atoms. The Kier molecular flexibility index (Phi) is 4.90.